The zero-order valence-corrected chi connectivity index (χ0v) is 12.1. The highest BCUT2D eigenvalue weighted by Crippen LogP contribution is 2.44. The molecule has 2 bridgehead atoms. The summed E-state index contributed by atoms with van der Waals surface area (Å²) in [5.74, 6) is 0.283. The van der Waals surface area contributed by atoms with E-state index in [1.807, 2.05) is 13.8 Å². The van der Waals surface area contributed by atoms with Crippen molar-refractivity contribution in [2.75, 3.05) is 27.2 Å². The molecule has 2 aliphatic carbocycles. The van der Waals surface area contributed by atoms with Crippen molar-refractivity contribution in [3.8, 4) is 0 Å². The second kappa shape index (κ2) is 5.19. The van der Waals surface area contributed by atoms with Gasteiger partial charge in [-0.3, -0.25) is 9.59 Å². The van der Waals surface area contributed by atoms with E-state index in [4.69, 9.17) is 0 Å². The summed E-state index contributed by atoms with van der Waals surface area (Å²) in [5, 5.41) is 0. The average Bonchev–Trinajstić information content (AvgIpc) is 2.98. The van der Waals surface area contributed by atoms with Crippen molar-refractivity contribution in [3.05, 3.63) is 23.3 Å². The van der Waals surface area contributed by atoms with Gasteiger partial charge in [0.15, 0.2) is 0 Å². The van der Waals surface area contributed by atoms with Crippen LogP contribution >= 0.6 is 0 Å². The third-order valence-corrected chi connectivity index (χ3v) is 4.03. The quantitative estimate of drug-likeness (QED) is 0.719. The van der Waals surface area contributed by atoms with E-state index >= 15 is 0 Å². The van der Waals surface area contributed by atoms with E-state index in [1.54, 1.807) is 23.9 Å². The van der Waals surface area contributed by atoms with Gasteiger partial charge in [0, 0.05) is 50.2 Å². The average molecular weight is 262 g/mol. The van der Waals surface area contributed by atoms with E-state index in [9.17, 15) is 9.59 Å². The highest BCUT2D eigenvalue weighted by Gasteiger charge is 2.42. The summed E-state index contributed by atoms with van der Waals surface area (Å²) in [6.07, 6.45) is 5.03. The normalized spacial score (nSPS) is 24.0. The smallest absolute Gasteiger partial charge is 0.250 e. The van der Waals surface area contributed by atoms with Gasteiger partial charge in [0.05, 0.1) is 0 Å². The van der Waals surface area contributed by atoms with E-state index in [-0.39, 0.29) is 23.7 Å². The molecule has 2 unspecified atom stereocenters. The number of rotatable bonds is 4. The molecule has 2 amide bonds. The first kappa shape index (κ1) is 13.8. The van der Waals surface area contributed by atoms with Gasteiger partial charge in [-0.1, -0.05) is 12.2 Å². The van der Waals surface area contributed by atoms with Crippen LogP contribution in [-0.4, -0.2) is 48.8 Å². The highest BCUT2D eigenvalue weighted by molar-refractivity contribution is 6.07. The SMILES string of the molecule is CCN(CC)C(=O)C1=C(C(=O)N(C)C)C2C=CC1C2. The Hall–Kier alpha value is -1.58. The lowest BCUT2D eigenvalue weighted by Crippen LogP contribution is -2.35. The van der Waals surface area contributed by atoms with Crippen LogP contribution in [0, 0.1) is 11.8 Å². The standard InChI is InChI=1S/C15H22N2O2/c1-5-17(6-2)15(19)13-11-8-7-10(9-11)12(13)14(18)16(3)4/h7-8,10-11H,5-6,9H2,1-4H3. The van der Waals surface area contributed by atoms with Gasteiger partial charge in [-0.2, -0.15) is 0 Å². The molecule has 2 atom stereocenters. The summed E-state index contributed by atoms with van der Waals surface area (Å²) in [7, 11) is 3.48. The Kier molecular flexibility index (Phi) is 3.78. The van der Waals surface area contributed by atoms with Gasteiger partial charge in [0.1, 0.15) is 0 Å². The lowest BCUT2D eigenvalue weighted by Gasteiger charge is -2.24. The molecule has 0 radical (unpaired) electrons. The molecule has 2 rings (SSSR count). The first-order valence-electron chi connectivity index (χ1n) is 6.94. The summed E-state index contributed by atoms with van der Waals surface area (Å²) < 4.78 is 0. The second-order valence-electron chi connectivity index (χ2n) is 5.34. The number of fused-ring (bicyclic) bond motifs is 2. The zero-order chi connectivity index (χ0) is 14.2. The lowest BCUT2D eigenvalue weighted by molar-refractivity contribution is -0.129. The molecule has 0 aromatic heterocycles. The molecular weight excluding hydrogens is 240 g/mol. The molecule has 4 nitrogen and oxygen atoms in total. The lowest BCUT2D eigenvalue weighted by atomic mass is 9.95. The molecule has 0 heterocycles. The Labute approximate surface area is 114 Å². The number of carbonyl (C=O) groups excluding carboxylic acids is 2. The minimum absolute atomic E-state index is 0.0210. The van der Waals surface area contributed by atoms with E-state index in [0.717, 1.165) is 17.6 Å². The zero-order valence-electron chi connectivity index (χ0n) is 12.1. The predicted molar refractivity (Wildman–Crippen MR) is 74.4 cm³/mol. The number of likely N-dealkylation sites (N-methyl/N-ethyl adjacent to an activating group) is 2. The third-order valence-electron chi connectivity index (χ3n) is 4.03. The molecule has 0 aliphatic heterocycles. The van der Waals surface area contributed by atoms with Crippen LogP contribution in [0.3, 0.4) is 0 Å². The van der Waals surface area contributed by atoms with E-state index < -0.39 is 0 Å². The number of hydrogen-bond donors (Lipinski definition) is 0. The maximum atomic E-state index is 12.6. The summed E-state index contributed by atoms with van der Waals surface area (Å²) in [6.45, 7) is 5.31. The first-order valence-corrected chi connectivity index (χ1v) is 6.94. The Balaban J connectivity index is 2.38. The largest absolute Gasteiger partial charge is 0.345 e. The van der Waals surface area contributed by atoms with E-state index in [2.05, 4.69) is 12.2 Å². The van der Waals surface area contributed by atoms with Crippen molar-refractivity contribution in [2.45, 2.75) is 20.3 Å². The first-order chi connectivity index (χ1) is 9.01. The van der Waals surface area contributed by atoms with Gasteiger partial charge in [-0.05, 0) is 20.3 Å². The van der Waals surface area contributed by atoms with Crippen LogP contribution < -0.4 is 0 Å². The Morgan fingerprint density at radius 2 is 1.53 bits per heavy atom. The fourth-order valence-corrected chi connectivity index (χ4v) is 3.00. The maximum Gasteiger partial charge on any atom is 0.250 e. The van der Waals surface area contributed by atoms with Gasteiger partial charge in [-0.25, -0.2) is 0 Å². The van der Waals surface area contributed by atoms with E-state index in [0.29, 0.717) is 13.1 Å². The summed E-state index contributed by atoms with van der Waals surface area (Å²) in [6, 6.07) is 0. The van der Waals surface area contributed by atoms with Crippen LogP contribution in [0.2, 0.25) is 0 Å². The van der Waals surface area contributed by atoms with Crippen molar-refractivity contribution in [3.63, 3.8) is 0 Å². The Bertz CT molecular complexity index is 459. The molecule has 104 valence electrons. The van der Waals surface area contributed by atoms with Crippen molar-refractivity contribution in [2.24, 2.45) is 11.8 Å². The second-order valence-corrected chi connectivity index (χ2v) is 5.34. The van der Waals surface area contributed by atoms with E-state index in [1.165, 1.54) is 0 Å². The van der Waals surface area contributed by atoms with Crippen molar-refractivity contribution >= 4 is 11.8 Å². The number of nitrogens with zero attached hydrogens (tertiary/aromatic N) is 2. The van der Waals surface area contributed by atoms with Gasteiger partial charge >= 0.3 is 0 Å². The summed E-state index contributed by atoms with van der Waals surface area (Å²) in [4.78, 5) is 28.3. The maximum absolute atomic E-state index is 12.6. The Morgan fingerprint density at radius 1 is 1.05 bits per heavy atom. The summed E-state index contributed by atoms with van der Waals surface area (Å²) in [5.41, 5.74) is 1.45. The molecule has 0 N–H and O–H groups in total. The van der Waals surface area contributed by atoms with Crippen molar-refractivity contribution in [1.29, 1.82) is 0 Å². The number of allylic oxidation sites excluding steroid dienone is 2. The number of hydrogen-bond acceptors (Lipinski definition) is 2. The molecule has 0 fully saturated rings. The number of carbonyl (C=O) groups is 2. The minimum atomic E-state index is -0.0210. The van der Waals surface area contributed by atoms with Gasteiger partial charge < -0.3 is 9.80 Å². The molecule has 2 aliphatic rings. The molecular formula is C15H22N2O2. The molecule has 0 aromatic carbocycles. The Morgan fingerprint density at radius 3 is 1.95 bits per heavy atom. The van der Waals surface area contributed by atoms with Gasteiger partial charge in [-0.15, -0.1) is 0 Å². The van der Waals surface area contributed by atoms with Crippen LogP contribution in [0.25, 0.3) is 0 Å². The van der Waals surface area contributed by atoms with Crippen molar-refractivity contribution < 1.29 is 9.59 Å². The third kappa shape index (κ3) is 2.20. The minimum Gasteiger partial charge on any atom is -0.345 e. The van der Waals surface area contributed by atoms with Gasteiger partial charge in [0.2, 0.25) is 5.91 Å². The van der Waals surface area contributed by atoms with Crippen LogP contribution in [0.5, 0.6) is 0 Å². The van der Waals surface area contributed by atoms with Crippen LogP contribution in [0.4, 0.5) is 0 Å². The predicted octanol–water partition coefficient (Wildman–Crippen LogP) is 1.45. The summed E-state index contributed by atoms with van der Waals surface area (Å²) >= 11 is 0. The fraction of sp³-hybridized carbons (Fsp3) is 0.600. The van der Waals surface area contributed by atoms with Crippen molar-refractivity contribution in [1.82, 2.24) is 9.80 Å². The van der Waals surface area contributed by atoms with Gasteiger partial charge in [0.25, 0.3) is 5.91 Å². The molecule has 4 heteroatoms. The highest BCUT2D eigenvalue weighted by atomic mass is 16.2. The molecule has 0 saturated carbocycles. The monoisotopic (exact) mass is 262 g/mol. The van der Waals surface area contributed by atoms with Crippen LogP contribution in [0.15, 0.2) is 23.3 Å². The molecule has 0 aromatic rings. The van der Waals surface area contributed by atoms with Crippen LogP contribution in [-0.2, 0) is 9.59 Å². The molecule has 19 heavy (non-hydrogen) atoms. The molecule has 0 saturated heterocycles. The fourth-order valence-electron chi connectivity index (χ4n) is 3.00. The van der Waals surface area contributed by atoms with Crippen LogP contribution in [0.1, 0.15) is 20.3 Å². The number of amides is 2. The molecule has 0 spiro atoms. The topological polar surface area (TPSA) is 40.6 Å².